The van der Waals surface area contributed by atoms with Crippen LogP contribution in [0, 0.1) is 11.8 Å². The number of methoxy groups -OCH3 is 1. The van der Waals surface area contributed by atoms with Crippen molar-refractivity contribution in [1.29, 1.82) is 0 Å². The van der Waals surface area contributed by atoms with E-state index in [1.807, 2.05) is 102 Å². The van der Waals surface area contributed by atoms with Crippen LogP contribution in [0.4, 0.5) is 11.5 Å². The minimum absolute atomic E-state index is 0.458. The van der Waals surface area contributed by atoms with E-state index >= 15 is 0 Å². The molecule has 0 unspecified atom stereocenters. The second-order valence-electron chi connectivity index (χ2n) is 8.79. The van der Waals surface area contributed by atoms with Crippen molar-refractivity contribution < 1.29 is 9.47 Å². The summed E-state index contributed by atoms with van der Waals surface area (Å²) in [4.78, 5) is 7.05. The van der Waals surface area contributed by atoms with Crippen molar-refractivity contribution in [3.05, 3.63) is 131 Å². The number of ether oxygens (including phenoxy) is 2. The second-order valence-corrected chi connectivity index (χ2v) is 9.87. The van der Waals surface area contributed by atoms with Gasteiger partial charge in [-0.2, -0.15) is 0 Å². The Morgan fingerprint density at radius 1 is 0.846 bits per heavy atom. The molecule has 1 N–H and O–H groups in total. The minimum atomic E-state index is 0.458. The molecule has 0 amide bonds. The molecule has 0 saturated carbocycles. The molecule has 0 aliphatic carbocycles. The van der Waals surface area contributed by atoms with Crippen molar-refractivity contribution in [3.63, 3.8) is 0 Å². The van der Waals surface area contributed by atoms with E-state index < -0.39 is 0 Å². The lowest BCUT2D eigenvalue weighted by Crippen LogP contribution is -1.99. The van der Waals surface area contributed by atoms with Gasteiger partial charge in [0.25, 0.3) is 0 Å². The standard InChI is InChI=1S/C33H25N3O2S/c1-37-27-15-8-14-26(22-27)34-33-31(30-20-19-28(39-30)18-17-24-10-4-2-5-11-24)35-32-29(16-9-21-36(32)33)38-23-25-12-6-3-7-13-25/h2-16,19-22,34H,23H2,1H3. The van der Waals surface area contributed by atoms with Crippen LogP contribution in [0.25, 0.3) is 16.2 Å². The molecule has 39 heavy (non-hydrogen) atoms. The summed E-state index contributed by atoms with van der Waals surface area (Å²) in [5, 5.41) is 3.57. The Balaban J connectivity index is 1.40. The van der Waals surface area contributed by atoms with E-state index in [1.54, 1.807) is 18.4 Å². The highest BCUT2D eigenvalue weighted by molar-refractivity contribution is 7.16. The third-order valence-electron chi connectivity index (χ3n) is 6.13. The van der Waals surface area contributed by atoms with Crippen LogP contribution in [-0.4, -0.2) is 16.5 Å². The topological polar surface area (TPSA) is 47.8 Å². The van der Waals surface area contributed by atoms with Crippen LogP contribution in [0.15, 0.2) is 115 Å². The quantitative estimate of drug-likeness (QED) is 0.215. The lowest BCUT2D eigenvalue weighted by atomic mass is 10.2. The van der Waals surface area contributed by atoms with Crippen LogP contribution >= 0.6 is 11.3 Å². The van der Waals surface area contributed by atoms with E-state index in [0.29, 0.717) is 12.4 Å². The van der Waals surface area contributed by atoms with Crippen LogP contribution in [0.5, 0.6) is 11.5 Å². The molecule has 0 aliphatic heterocycles. The number of thiophene rings is 1. The molecule has 6 rings (SSSR count). The van der Waals surface area contributed by atoms with Crippen LogP contribution in [0.3, 0.4) is 0 Å². The fraction of sp³-hybridized carbons (Fsp3) is 0.0606. The van der Waals surface area contributed by atoms with Gasteiger partial charge in [-0.3, -0.25) is 4.40 Å². The smallest absolute Gasteiger partial charge is 0.182 e. The molecule has 0 spiro atoms. The number of aromatic nitrogens is 2. The van der Waals surface area contributed by atoms with Gasteiger partial charge < -0.3 is 14.8 Å². The summed E-state index contributed by atoms with van der Waals surface area (Å²) >= 11 is 1.61. The fourth-order valence-corrected chi connectivity index (χ4v) is 5.06. The average Bonchev–Trinajstić information content (AvgIpc) is 3.61. The SMILES string of the molecule is COc1cccc(Nc2c(-c3ccc(C#Cc4ccccc4)s3)nc3c(OCc4ccccc4)cccn23)c1. The lowest BCUT2D eigenvalue weighted by molar-refractivity contribution is 0.308. The molecular formula is C33H25N3O2S. The summed E-state index contributed by atoms with van der Waals surface area (Å²) in [5.74, 6) is 8.86. The first kappa shape index (κ1) is 24.4. The molecular weight excluding hydrogens is 502 g/mol. The average molecular weight is 528 g/mol. The molecule has 6 heteroatoms. The first-order valence-electron chi connectivity index (χ1n) is 12.5. The van der Waals surface area contributed by atoms with E-state index in [2.05, 4.69) is 35.4 Å². The van der Waals surface area contributed by atoms with Gasteiger partial charge in [0.2, 0.25) is 0 Å². The van der Waals surface area contributed by atoms with Crippen molar-refractivity contribution in [1.82, 2.24) is 9.38 Å². The van der Waals surface area contributed by atoms with Gasteiger partial charge in [0.15, 0.2) is 11.4 Å². The third-order valence-corrected chi connectivity index (χ3v) is 7.13. The largest absolute Gasteiger partial charge is 0.497 e. The molecule has 0 atom stereocenters. The molecule has 0 radical (unpaired) electrons. The molecule has 5 nitrogen and oxygen atoms in total. The molecule has 190 valence electrons. The zero-order chi connectivity index (χ0) is 26.4. The molecule has 0 bridgehead atoms. The monoisotopic (exact) mass is 527 g/mol. The Morgan fingerprint density at radius 2 is 1.67 bits per heavy atom. The van der Waals surface area contributed by atoms with Gasteiger partial charge in [0, 0.05) is 23.5 Å². The van der Waals surface area contributed by atoms with Crippen LogP contribution in [0.2, 0.25) is 0 Å². The molecule has 3 heterocycles. The molecule has 6 aromatic rings. The minimum Gasteiger partial charge on any atom is -0.497 e. The molecule has 0 aliphatic rings. The van der Waals surface area contributed by atoms with Gasteiger partial charge in [0.1, 0.15) is 23.9 Å². The highest BCUT2D eigenvalue weighted by Crippen LogP contribution is 2.37. The Morgan fingerprint density at radius 3 is 2.49 bits per heavy atom. The maximum Gasteiger partial charge on any atom is 0.182 e. The molecule has 0 fully saturated rings. The summed E-state index contributed by atoms with van der Waals surface area (Å²) < 4.78 is 13.7. The predicted molar refractivity (Wildman–Crippen MR) is 158 cm³/mol. The Labute approximate surface area is 231 Å². The van der Waals surface area contributed by atoms with Crippen LogP contribution < -0.4 is 14.8 Å². The first-order chi connectivity index (χ1) is 19.3. The predicted octanol–water partition coefficient (Wildman–Crippen LogP) is 7.79. The zero-order valence-corrected chi connectivity index (χ0v) is 22.1. The Kier molecular flexibility index (Phi) is 6.98. The van der Waals surface area contributed by atoms with Crippen LogP contribution in [-0.2, 0) is 6.61 Å². The summed E-state index contributed by atoms with van der Waals surface area (Å²) in [6.45, 7) is 0.458. The van der Waals surface area contributed by atoms with Crippen LogP contribution in [0.1, 0.15) is 16.0 Å². The highest BCUT2D eigenvalue weighted by atomic mass is 32.1. The van der Waals surface area contributed by atoms with E-state index in [9.17, 15) is 0 Å². The number of pyridine rings is 1. The van der Waals surface area contributed by atoms with Crippen molar-refractivity contribution in [3.8, 4) is 33.9 Å². The number of hydrogen-bond donors (Lipinski definition) is 1. The van der Waals surface area contributed by atoms with E-state index in [1.165, 1.54) is 0 Å². The summed E-state index contributed by atoms with van der Waals surface area (Å²) in [6.07, 6.45) is 1.99. The van der Waals surface area contributed by atoms with E-state index in [4.69, 9.17) is 14.5 Å². The molecule has 3 aromatic carbocycles. The first-order valence-corrected chi connectivity index (χ1v) is 13.3. The number of anilines is 2. The van der Waals surface area contributed by atoms with E-state index in [0.717, 1.165) is 49.5 Å². The van der Waals surface area contributed by atoms with Crippen molar-refractivity contribution in [2.24, 2.45) is 0 Å². The Bertz CT molecular complexity index is 1780. The van der Waals surface area contributed by atoms with Gasteiger partial charge in [-0.05, 0) is 54.1 Å². The number of nitrogens with one attached hydrogen (secondary N) is 1. The number of fused-ring (bicyclic) bond motifs is 1. The Hall–Kier alpha value is -4.99. The van der Waals surface area contributed by atoms with Crippen molar-refractivity contribution >= 4 is 28.5 Å². The normalized spacial score (nSPS) is 10.6. The summed E-state index contributed by atoms with van der Waals surface area (Å²) in [6, 6.07) is 36.0. The van der Waals surface area contributed by atoms with Crippen molar-refractivity contribution in [2.45, 2.75) is 6.61 Å². The highest BCUT2D eigenvalue weighted by Gasteiger charge is 2.19. The van der Waals surface area contributed by atoms with Gasteiger partial charge >= 0.3 is 0 Å². The van der Waals surface area contributed by atoms with Gasteiger partial charge in [-0.25, -0.2) is 4.98 Å². The van der Waals surface area contributed by atoms with Gasteiger partial charge in [-0.1, -0.05) is 66.4 Å². The number of rotatable bonds is 7. The molecule has 3 aromatic heterocycles. The second kappa shape index (κ2) is 11.2. The number of hydrogen-bond acceptors (Lipinski definition) is 5. The van der Waals surface area contributed by atoms with Crippen molar-refractivity contribution in [2.75, 3.05) is 12.4 Å². The number of nitrogens with zero attached hydrogens (tertiary/aromatic N) is 2. The molecule has 0 saturated heterocycles. The van der Waals surface area contributed by atoms with Gasteiger partial charge in [0.05, 0.1) is 16.9 Å². The van der Waals surface area contributed by atoms with E-state index in [-0.39, 0.29) is 0 Å². The fourth-order valence-electron chi connectivity index (χ4n) is 4.21. The van der Waals surface area contributed by atoms with Gasteiger partial charge in [-0.15, -0.1) is 11.3 Å². The lowest BCUT2D eigenvalue weighted by Gasteiger charge is -2.11. The summed E-state index contributed by atoms with van der Waals surface area (Å²) in [7, 11) is 1.67. The maximum atomic E-state index is 6.24. The third kappa shape index (κ3) is 5.49. The number of benzene rings is 3. The number of imidazole rings is 1. The summed E-state index contributed by atoms with van der Waals surface area (Å²) in [5.41, 5.74) is 4.54. The zero-order valence-electron chi connectivity index (χ0n) is 21.3. The maximum absolute atomic E-state index is 6.24.